The number of esters is 1. The molecule has 0 aromatic rings. The Hall–Kier alpha value is -0.870. The Kier molecular flexibility index (Phi) is 18.8. The zero-order valence-electron chi connectivity index (χ0n) is 16.5. The average Bonchev–Trinajstić information content (AvgIpc) is 2.63. The van der Waals surface area contributed by atoms with Crippen LogP contribution in [-0.4, -0.2) is 37.0 Å². The van der Waals surface area contributed by atoms with Gasteiger partial charge in [0.15, 0.2) is 0 Å². The molecule has 0 aromatic heterocycles. The summed E-state index contributed by atoms with van der Waals surface area (Å²) in [5, 5.41) is 9.12. The van der Waals surface area contributed by atoms with Gasteiger partial charge in [0.05, 0.1) is 13.2 Å². The van der Waals surface area contributed by atoms with E-state index in [-0.39, 0.29) is 19.2 Å². The fourth-order valence-corrected chi connectivity index (χ4v) is 2.53. The van der Waals surface area contributed by atoms with Gasteiger partial charge in [-0.15, -0.1) is 0 Å². The van der Waals surface area contributed by atoms with Gasteiger partial charge in [0.25, 0.3) is 0 Å². The van der Waals surface area contributed by atoms with E-state index >= 15 is 0 Å². The Balaban J connectivity index is 3.29. The van der Waals surface area contributed by atoms with Crippen molar-refractivity contribution in [2.24, 2.45) is 0 Å². The Morgan fingerprint density at radius 1 is 0.920 bits per heavy atom. The maximum Gasteiger partial charge on any atom is 0.305 e. The number of aliphatic hydroxyl groups excluding tert-OH is 1. The molecule has 4 nitrogen and oxygen atoms in total. The summed E-state index contributed by atoms with van der Waals surface area (Å²) >= 11 is 0. The van der Waals surface area contributed by atoms with Crippen LogP contribution in [0.1, 0.15) is 90.9 Å². The molecule has 0 aromatic carbocycles. The molecule has 0 amide bonds. The number of carbonyl (C=O) groups excluding carboxylic acids is 1. The number of aliphatic hydroxyl groups is 1. The van der Waals surface area contributed by atoms with Gasteiger partial charge in [0.1, 0.15) is 6.10 Å². The summed E-state index contributed by atoms with van der Waals surface area (Å²) in [5.74, 6) is -0.293. The average molecular weight is 357 g/mol. The third-order valence-electron chi connectivity index (χ3n) is 4.14. The fraction of sp³-hybridized carbons (Fsp3) is 0.857. The molecular weight excluding hydrogens is 316 g/mol. The monoisotopic (exact) mass is 356 g/mol. The summed E-state index contributed by atoms with van der Waals surface area (Å²) in [5.41, 5.74) is 0. The molecule has 0 heterocycles. The minimum atomic E-state index is -0.525. The minimum Gasteiger partial charge on any atom is -0.457 e. The van der Waals surface area contributed by atoms with Crippen LogP contribution in [0.2, 0.25) is 0 Å². The fourth-order valence-electron chi connectivity index (χ4n) is 2.53. The normalized spacial score (nSPS) is 12.6. The Morgan fingerprint density at radius 2 is 1.52 bits per heavy atom. The van der Waals surface area contributed by atoms with Crippen molar-refractivity contribution >= 4 is 5.97 Å². The second-order valence-electron chi connectivity index (χ2n) is 6.60. The molecule has 25 heavy (non-hydrogen) atoms. The third kappa shape index (κ3) is 17.7. The van der Waals surface area contributed by atoms with Gasteiger partial charge in [0.2, 0.25) is 0 Å². The van der Waals surface area contributed by atoms with Crippen LogP contribution >= 0.6 is 0 Å². The zero-order valence-corrected chi connectivity index (χ0v) is 16.5. The van der Waals surface area contributed by atoms with Crippen LogP contribution < -0.4 is 0 Å². The van der Waals surface area contributed by atoms with E-state index < -0.39 is 6.10 Å². The largest absolute Gasteiger partial charge is 0.457 e. The highest BCUT2D eigenvalue weighted by Crippen LogP contribution is 2.09. The molecule has 0 saturated heterocycles. The molecule has 0 aliphatic heterocycles. The molecule has 148 valence electrons. The predicted octanol–water partition coefficient (Wildman–Crippen LogP) is 5.18. The van der Waals surface area contributed by atoms with Crippen LogP contribution in [0.5, 0.6) is 0 Å². The Morgan fingerprint density at radius 3 is 2.12 bits per heavy atom. The summed E-state index contributed by atoms with van der Waals surface area (Å²) in [7, 11) is 0. The molecule has 0 radical (unpaired) electrons. The van der Waals surface area contributed by atoms with E-state index in [4.69, 9.17) is 14.6 Å². The van der Waals surface area contributed by atoms with Crippen molar-refractivity contribution in [3.05, 3.63) is 12.2 Å². The molecule has 4 heteroatoms. The van der Waals surface area contributed by atoms with Crippen molar-refractivity contribution < 1.29 is 19.4 Å². The van der Waals surface area contributed by atoms with E-state index in [2.05, 4.69) is 19.1 Å². The first-order chi connectivity index (χ1) is 12.2. The summed E-state index contributed by atoms with van der Waals surface area (Å²) in [6.07, 6.45) is 18.2. The third-order valence-corrected chi connectivity index (χ3v) is 4.14. The molecule has 0 spiro atoms. The van der Waals surface area contributed by atoms with E-state index in [0.29, 0.717) is 13.0 Å². The smallest absolute Gasteiger partial charge is 0.305 e. The van der Waals surface area contributed by atoms with E-state index in [1.807, 2.05) is 0 Å². The lowest BCUT2D eigenvalue weighted by atomic mass is 10.1. The molecule has 0 aliphatic carbocycles. The molecule has 0 aliphatic rings. The number of carbonyl (C=O) groups is 1. The highest BCUT2D eigenvalue weighted by Gasteiger charge is 2.11. The number of unbranched alkanes of at least 4 members (excludes halogenated alkanes) is 9. The van der Waals surface area contributed by atoms with Crippen LogP contribution in [0.4, 0.5) is 0 Å². The molecular formula is C21H40O4. The van der Waals surface area contributed by atoms with E-state index in [1.54, 1.807) is 6.92 Å². The van der Waals surface area contributed by atoms with Crippen LogP contribution in [0.3, 0.4) is 0 Å². The Bertz CT molecular complexity index is 315. The van der Waals surface area contributed by atoms with E-state index in [9.17, 15) is 4.79 Å². The second-order valence-corrected chi connectivity index (χ2v) is 6.60. The molecule has 1 N–H and O–H groups in total. The van der Waals surface area contributed by atoms with Gasteiger partial charge in [-0.1, -0.05) is 64.5 Å². The van der Waals surface area contributed by atoms with E-state index in [1.165, 1.54) is 64.2 Å². The summed E-state index contributed by atoms with van der Waals surface area (Å²) < 4.78 is 10.5. The van der Waals surface area contributed by atoms with Gasteiger partial charge in [-0.05, 0) is 32.1 Å². The van der Waals surface area contributed by atoms with Gasteiger partial charge in [0, 0.05) is 13.0 Å². The maximum atomic E-state index is 11.1. The van der Waals surface area contributed by atoms with E-state index in [0.717, 1.165) is 6.42 Å². The molecule has 0 rings (SSSR count). The summed E-state index contributed by atoms with van der Waals surface area (Å²) in [6, 6.07) is 0. The minimum absolute atomic E-state index is 0.182. The lowest BCUT2D eigenvalue weighted by Crippen LogP contribution is -2.27. The first-order valence-corrected chi connectivity index (χ1v) is 10.3. The van der Waals surface area contributed by atoms with Gasteiger partial charge in [-0.3, -0.25) is 4.79 Å². The quantitative estimate of drug-likeness (QED) is 0.209. The topological polar surface area (TPSA) is 55.8 Å². The number of rotatable bonds is 18. The number of allylic oxidation sites excluding steroid dienone is 2. The number of ether oxygens (including phenoxy) is 2. The van der Waals surface area contributed by atoms with Crippen LogP contribution in [0.15, 0.2) is 12.2 Å². The van der Waals surface area contributed by atoms with Crippen LogP contribution in [-0.2, 0) is 14.3 Å². The van der Waals surface area contributed by atoms with Crippen molar-refractivity contribution in [3.8, 4) is 0 Å². The highest BCUT2D eigenvalue weighted by molar-refractivity contribution is 5.69. The van der Waals surface area contributed by atoms with Gasteiger partial charge in [-0.2, -0.15) is 0 Å². The first-order valence-electron chi connectivity index (χ1n) is 10.3. The van der Waals surface area contributed by atoms with Crippen molar-refractivity contribution in [2.45, 2.75) is 97.0 Å². The van der Waals surface area contributed by atoms with Crippen molar-refractivity contribution in [2.75, 3.05) is 19.8 Å². The first kappa shape index (κ1) is 24.1. The molecule has 1 unspecified atom stereocenters. The standard InChI is InChI=1S/C21H40O4/c1-3-5-6-7-8-9-10-11-12-13-14-15-16-17-24-19-20(18-22)25-21(23)4-2/h8-9,20,22H,3-7,10-19H2,1-2H3/b9-8-. The zero-order chi connectivity index (χ0) is 18.6. The molecule has 0 bridgehead atoms. The van der Waals surface area contributed by atoms with Gasteiger partial charge < -0.3 is 14.6 Å². The summed E-state index contributed by atoms with van der Waals surface area (Å²) in [6.45, 7) is 4.75. The van der Waals surface area contributed by atoms with Crippen molar-refractivity contribution in [1.82, 2.24) is 0 Å². The van der Waals surface area contributed by atoms with Crippen LogP contribution in [0, 0.1) is 0 Å². The highest BCUT2D eigenvalue weighted by atomic mass is 16.6. The van der Waals surface area contributed by atoms with Gasteiger partial charge in [-0.25, -0.2) is 0 Å². The van der Waals surface area contributed by atoms with Crippen molar-refractivity contribution in [3.63, 3.8) is 0 Å². The maximum absolute atomic E-state index is 11.1. The predicted molar refractivity (Wildman–Crippen MR) is 104 cm³/mol. The van der Waals surface area contributed by atoms with Gasteiger partial charge >= 0.3 is 5.97 Å². The molecule has 1 atom stereocenters. The van der Waals surface area contributed by atoms with Crippen LogP contribution in [0.25, 0.3) is 0 Å². The Labute approximate surface area is 155 Å². The number of hydrogen-bond acceptors (Lipinski definition) is 4. The molecule has 0 saturated carbocycles. The number of hydrogen-bond donors (Lipinski definition) is 1. The second kappa shape index (κ2) is 19.5. The van der Waals surface area contributed by atoms with Crippen molar-refractivity contribution in [1.29, 1.82) is 0 Å². The lowest BCUT2D eigenvalue weighted by molar-refractivity contribution is -0.154. The molecule has 0 fully saturated rings. The summed E-state index contributed by atoms with van der Waals surface area (Å²) in [4.78, 5) is 11.1. The lowest BCUT2D eigenvalue weighted by Gasteiger charge is -2.15. The SMILES string of the molecule is CCCCC/C=C\CCCCCCCCOCC(CO)OC(=O)CC.